The van der Waals surface area contributed by atoms with Gasteiger partial charge >= 0.3 is 0 Å². The molecule has 0 spiro atoms. The SMILES string of the molecule is O=C(CCN1CCC(O)(c2ccccc2)C1)NC1CCCCCC1. The van der Waals surface area contributed by atoms with Gasteiger partial charge in [-0.25, -0.2) is 0 Å². The molecule has 1 aliphatic carbocycles. The highest BCUT2D eigenvalue weighted by Gasteiger charge is 2.37. The molecule has 24 heavy (non-hydrogen) atoms. The molecule has 3 rings (SSSR count). The van der Waals surface area contributed by atoms with Gasteiger partial charge < -0.3 is 10.4 Å². The van der Waals surface area contributed by atoms with Crippen molar-refractivity contribution in [1.29, 1.82) is 0 Å². The second kappa shape index (κ2) is 8.13. The summed E-state index contributed by atoms with van der Waals surface area (Å²) in [6.07, 6.45) is 8.61. The summed E-state index contributed by atoms with van der Waals surface area (Å²) in [4.78, 5) is 14.4. The van der Waals surface area contributed by atoms with Gasteiger partial charge in [0, 0.05) is 32.1 Å². The molecule has 1 atom stereocenters. The summed E-state index contributed by atoms with van der Waals surface area (Å²) in [6, 6.07) is 10.3. The predicted molar refractivity (Wildman–Crippen MR) is 95.6 cm³/mol. The van der Waals surface area contributed by atoms with E-state index >= 15 is 0 Å². The Hall–Kier alpha value is -1.39. The second-order valence-electron chi connectivity index (χ2n) is 7.43. The minimum atomic E-state index is -0.765. The van der Waals surface area contributed by atoms with Crippen molar-refractivity contribution in [2.24, 2.45) is 0 Å². The van der Waals surface area contributed by atoms with E-state index in [1.807, 2.05) is 30.3 Å². The van der Waals surface area contributed by atoms with Crippen LogP contribution in [-0.4, -0.2) is 41.6 Å². The van der Waals surface area contributed by atoms with Crippen molar-refractivity contribution in [1.82, 2.24) is 10.2 Å². The first-order valence-electron chi connectivity index (χ1n) is 9.45. The summed E-state index contributed by atoms with van der Waals surface area (Å²) < 4.78 is 0. The lowest BCUT2D eigenvalue weighted by molar-refractivity contribution is -0.122. The van der Waals surface area contributed by atoms with Crippen molar-refractivity contribution in [2.45, 2.75) is 63.0 Å². The van der Waals surface area contributed by atoms with Gasteiger partial charge in [0.25, 0.3) is 0 Å². The fourth-order valence-electron chi connectivity index (χ4n) is 4.03. The van der Waals surface area contributed by atoms with Crippen LogP contribution < -0.4 is 5.32 Å². The minimum absolute atomic E-state index is 0.164. The smallest absolute Gasteiger partial charge is 0.221 e. The van der Waals surface area contributed by atoms with Crippen molar-refractivity contribution in [3.63, 3.8) is 0 Å². The van der Waals surface area contributed by atoms with E-state index in [-0.39, 0.29) is 5.91 Å². The number of β-amino-alcohol motifs (C(OH)–C–C–N with tert-alkyl or cyclic N) is 1. The molecular formula is C20H30N2O2. The topological polar surface area (TPSA) is 52.6 Å². The average Bonchev–Trinajstić information content (AvgIpc) is 2.81. The largest absolute Gasteiger partial charge is 0.384 e. The zero-order valence-electron chi connectivity index (χ0n) is 14.5. The van der Waals surface area contributed by atoms with Crippen LogP contribution in [0.2, 0.25) is 0 Å². The standard InChI is InChI=1S/C20H30N2O2/c23-19(21-18-10-6-1-2-7-11-18)12-14-22-15-13-20(24,16-22)17-8-4-3-5-9-17/h3-5,8-9,18,24H,1-2,6-7,10-16H2,(H,21,23). The first kappa shape index (κ1) is 17.4. The van der Waals surface area contributed by atoms with Gasteiger partial charge in [0.15, 0.2) is 0 Å². The van der Waals surface area contributed by atoms with Crippen LogP contribution >= 0.6 is 0 Å². The average molecular weight is 330 g/mol. The Labute approximate surface area is 145 Å². The van der Waals surface area contributed by atoms with Gasteiger partial charge in [-0.05, 0) is 24.8 Å². The third-order valence-corrected chi connectivity index (χ3v) is 5.51. The molecule has 2 N–H and O–H groups in total. The number of carbonyl (C=O) groups is 1. The molecule has 1 aliphatic heterocycles. The van der Waals surface area contributed by atoms with Gasteiger partial charge in [-0.15, -0.1) is 0 Å². The van der Waals surface area contributed by atoms with Crippen LogP contribution in [0.15, 0.2) is 30.3 Å². The third-order valence-electron chi connectivity index (χ3n) is 5.51. The quantitative estimate of drug-likeness (QED) is 0.816. The zero-order chi connectivity index (χ0) is 16.8. The number of carbonyl (C=O) groups excluding carboxylic acids is 1. The lowest BCUT2D eigenvalue weighted by Crippen LogP contribution is -2.37. The van der Waals surface area contributed by atoms with E-state index in [1.165, 1.54) is 25.7 Å². The van der Waals surface area contributed by atoms with Gasteiger partial charge in [-0.1, -0.05) is 56.0 Å². The summed E-state index contributed by atoms with van der Waals surface area (Å²) in [5, 5.41) is 14.1. The molecule has 1 aromatic rings. The van der Waals surface area contributed by atoms with E-state index in [0.717, 1.165) is 37.9 Å². The van der Waals surface area contributed by atoms with Gasteiger partial charge in [-0.2, -0.15) is 0 Å². The Morgan fingerprint density at radius 1 is 1.17 bits per heavy atom. The fourth-order valence-corrected chi connectivity index (χ4v) is 4.03. The van der Waals surface area contributed by atoms with Gasteiger partial charge in [0.2, 0.25) is 5.91 Å². The number of likely N-dealkylation sites (tertiary alicyclic amines) is 1. The molecule has 4 heteroatoms. The van der Waals surface area contributed by atoms with Gasteiger partial charge in [0.05, 0.1) is 0 Å². The lowest BCUT2D eigenvalue weighted by atomic mass is 9.93. The highest BCUT2D eigenvalue weighted by molar-refractivity contribution is 5.76. The monoisotopic (exact) mass is 330 g/mol. The molecule has 0 radical (unpaired) electrons. The predicted octanol–water partition coefficient (Wildman–Crippen LogP) is 2.81. The summed E-state index contributed by atoms with van der Waals surface area (Å²) >= 11 is 0. The number of aliphatic hydroxyl groups is 1. The Morgan fingerprint density at radius 3 is 2.58 bits per heavy atom. The minimum Gasteiger partial charge on any atom is -0.384 e. The molecule has 0 bridgehead atoms. The van der Waals surface area contributed by atoms with E-state index in [1.54, 1.807) is 0 Å². The maximum atomic E-state index is 12.2. The number of benzene rings is 1. The van der Waals surface area contributed by atoms with Crippen LogP contribution in [0.25, 0.3) is 0 Å². The Bertz CT molecular complexity index is 526. The maximum Gasteiger partial charge on any atom is 0.221 e. The molecule has 4 nitrogen and oxygen atoms in total. The van der Waals surface area contributed by atoms with Gasteiger partial charge in [0.1, 0.15) is 5.60 Å². The number of nitrogens with one attached hydrogen (secondary N) is 1. The number of rotatable bonds is 5. The summed E-state index contributed by atoms with van der Waals surface area (Å²) in [6.45, 7) is 2.20. The second-order valence-corrected chi connectivity index (χ2v) is 7.43. The highest BCUT2D eigenvalue weighted by atomic mass is 16.3. The third kappa shape index (κ3) is 4.58. The van der Waals surface area contributed by atoms with E-state index in [2.05, 4.69) is 10.2 Å². The number of amides is 1. The molecule has 1 unspecified atom stereocenters. The summed E-state index contributed by atoms with van der Waals surface area (Å²) in [5.41, 5.74) is 0.217. The first-order chi connectivity index (χ1) is 11.7. The molecule has 1 saturated carbocycles. The van der Waals surface area contributed by atoms with Crippen LogP contribution in [-0.2, 0) is 10.4 Å². The summed E-state index contributed by atoms with van der Waals surface area (Å²) in [5.74, 6) is 0.164. The Kier molecular flexibility index (Phi) is 5.90. The van der Waals surface area contributed by atoms with E-state index in [9.17, 15) is 9.90 Å². The van der Waals surface area contributed by atoms with Crippen LogP contribution in [0.3, 0.4) is 0 Å². The Balaban J connectivity index is 1.43. The van der Waals surface area contributed by atoms with E-state index in [4.69, 9.17) is 0 Å². The van der Waals surface area contributed by atoms with Gasteiger partial charge in [-0.3, -0.25) is 9.69 Å². The molecule has 1 aromatic carbocycles. The van der Waals surface area contributed by atoms with Crippen LogP contribution in [0.4, 0.5) is 0 Å². The molecule has 2 aliphatic rings. The maximum absolute atomic E-state index is 12.2. The van der Waals surface area contributed by atoms with Crippen LogP contribution in [0.1, 0.15) is 56.9 Å². The molecular weight excluding hydrogens is 300 g/mol. The lowest BCUT2D eigenvalue weighted by Gasteiger charge is -2.24. The van der Waals surface area contributed by atoms with Crippen LogP contribution in [0.5, 0.6) is 0 Å². The van der Waals surface area contributed by atoms with Crippen molar-refractivity contribution < 1.29 is 9.90 Å². The van der Waals surface area contributed by atoms with Crippen molar-refractivity contribution in [3.05, 3.63) is 35.9 Å². The zero-order valence-corrected chi connectivity index (χ0v) is 14.5. The van der Waals surface area contributed by atoms with E-state index < -0.39 is 5.60 Å². The summed E-state index contributed by atoms with van der Waals surface area (Å²) in [7, 11) is 0. The molecule has 0 aromatic heterocycles. The van der Waals surface area contributed by atoms with Crippen molar-refractivity contribution >= 4 is 5.91 Å². The molecule has 2 fully saturated rings. The highest BCUT2D eigenvalue weighted by Crippen LogP contribution is 2.31. The van der Waals surface area contributed by atoms with Crippen molar-refractivity contribution in [3.8, 4) is 0 Å². The van der Waals surface area contributed by atoms with Crippen LogP contribution in [0, 0.1) is 0 Å². The fraction of sp³-hybridized carbons (Fsp3) is 0.650. The Morgan fingerprint density at radius 2 is 1.88 bits per heavy atom. The molecule has 1 amide bonds. The molecule has 1 heterocycles. The number of hydrogen-bond acceptors (Lipinski definition) is 3. The molecule has 1 saturated heterocycles. The van der Waals surface area contributed by atoms with E-state index in [0.29, 0.717) is 19.0 Å². The number of hydrogen-bond donors (Lipinski definition) is 2. The normalized spacial score (nSPS) is 26.2. The number of nitrogens with zero attached hydrogens (tertiary/aromatic N) is 1. The van der Waals surface area contributed by atoms with Crippen molar-refractivity contribution in [2.75, 3.05) is 19.6 Å². The molecule has 132 valence electrons. The first-order valence-corrected chi connectivity index (χ1v) is 9.45.